The van der Waals surface area contributed by atoms with E-state index in [1.54, 1.807) is 24.3 Å². The number of amides is 1. The molecule has 0 unspecified atom stereocenters. The van der Waals surface area contributed by atoms with E-state index in [4.69, 9.17) is 4.74 Å². The Kier molecular flexibility index (Phi) is 5.08. The summed E-state index contributed by atoms with van der Waals surface area (Å²) in [5, 5.41) is 24.2. The second-order valence-electron chi connectivity index (χ2n) is 7.12. The second-order valence-corrected chi connectivity index (χ2v) is 7.12. The van der Waals surface area contributed by atoms with Gasteiger partial charge in [0.05, 0.1) is 6.04 Å². The fourth-order valence-corrected chi connectivity index (χ4v) is 3.85. The smallest absolute Gasteiger partial charge is 0.342 e. The zero-order chi connectivity index (χ0) is 20.4. The van der Waals surface area contributed by atoms with Crippen molar-refractivity contribution in [1.29, 1.82) is 0 Å². The number of carbonyl (C=O) groups is 2. The summed E-state index contributed by atoms with van der Waals surface area (Å²) in [7, 11) is 0. The third-order valence-electron chi connectivity index (χ3n) is 5.25. The zero-order valence-corrected chi connectivity index (χ0v) is 15.7. The van der Waals surface area contributed by atoms with Gasteiger partial charge in [-0.2, -0.15) is 0 Å². The number of fused-ring (bicyclic) bond motifs is 2. The van der Waals surface area contributed by atoms with Crippen molar-refractivity contribution in [2.45, 2.75) is 25.3 Å². The number of phenols is 2. The first-order valence-corrected chi connectivity index (χ1v) is 9.52. The lowest BCUT2D eigenvalue weighted by atomic mass is 9.88. The average Bonchev–Trinajstić information content (AvgIpc) is 2.75. The molecule has 0 spiro atoms. The number of rotatable bonds is 4. The Bertz CT molecular complexity index is 1090. The van der Waals surface area contributed by atoms with Gasteiger partial charge in [-0.15, -0.1) is 0 Å². The Morgan fingerprint density at radius 2 is 1.76 bits per heavy atom. The van der Waals surface area contributed by atoms with Gasteiger partial charge in [0.2, 0.25) is 0 Å². The van der Waals surface area contributed by atoms with Crippen molar-refractivity contribution in [3.05, 3.63) is 71.3 Å². The summed E-state index contributed by atoms with van der Waals surface area (Å²) in [5.74, 6) is -1.72. The summed E-state index contributed by atoms with van der Waals surface area (Å²) in [6.07, 6.45) is 2.80. The van der Waals surface area contributed by atoms with Crippen molar-refractivity contribution in [2.75, 3.05) is 6.61 Å². The zero-order valence-electron chi connectivity index (χ0n) is 15.7. The number of ether oxygens (including phenoxy) is 1. The maximum atomic E-state index is 12.4. The van der Waals surface area contributed by atoms with Crippen LogP contribution in [0.15, 0.2) is 54.6 Å². The van der Waals surface area contributed by atoms with Crippen LogP contribution >= 0.6 is 0 Å². The molecule has 0 saturated carbocycles. The molecule has 0 fully saturated rings. The average molecular weight is 391 g/mol. The Hall–Kier alpha value is -3.54. The molecule has 0 aliphatic heterocycles. The number of carbonyl (C=O) groups excluding carboxylic acids is 2. The molecule has 1 atom stereocenters. The molecular weight excluding hydrogens is 370 g/mol. The first kappa shape index (κ1) is 18.8. The highest BCUT2D eigenvalue weighted by Gasteiger charge is 2.23. The molecule has 6 heteroatoms. The molecule has 4 rings (SSSR count). The molecule has 0 aromatic heterocycles. The van der Waals surface area contributed by atoms with E-state index in [2.05, 4.69) is 11.4 Å². The fourth-order valence-electron chi connectivity index (χ4n) is 3.85. The van der Waals surface area contributed by atoms with Crippen molar-refractivity contribution in [3.8, 4) is 11.5 Å². The molecule has 29 heavy (non-hydrogen) atoms. The molecule has 1 aliphatic rings. The number of benzene rings is 3. The van der Waals surface area contributed by atoms with Gasteiger partial charge in [0.1, 0.15) is 17.1 Å². The van der Waals surface area contributed by atoms with E-state index >= 15 is 0 Å². The quantitative estimate of drug-likeness (QED) is 0.466. The molecule has 3 aromatic rings. The Morgan fingerprint density at radius 1 is 1.03 bits per heavy atom. The van der Waals surface area contributed by atoms with Gasteiger partial charge in [0, 0.05) is 10.8 Å². The molecule has 0 radical (unpaired) electrons. The van der Waals surface area contributed by atoms with Crippen LogP contribution in [-0.2, 0) is 16.0 Å². The van der Waals surface area contributed by atoms with Gasteiger partial charge in [0.15, 0.2) is 6.61 Å². The lowest BCUT2D eigenvalue weighted by Crippen LogP contribution is -2.34. The number of hydrogen-bond acceptors (Lipinski definition) is 5. The van der Waals surface area contributed by atoms with Crippen LogP contribution in [0.5, 0.6) is 11.5 Å². The third kappa shape index (κ3) is 3.74. The largest absolute Gasteiger partial charge is 0.507 e. The highest BCUT2D eigenvalue weighted by Crippen LogP contribution is 2.35. The maximum absolute atomic E-state index is 12.4. The minimum Gasteiger partial charge on any atom is -0.507 e. The minimum atomic E-state index is -0.872. The molecule has 3 N–H and O–H groups in total. The number of phenolic OH excluding ortho intramolecular Hbond substituents is 2. The summed E-state index contributed by atoms with van der Waals surface area (Å²) in [6, 6.07) is 15.7. The van der Waals surface area contributed by atoms with Crippen LogP contribution in [0.4, 0.5) is 0 Å². The highest BCUT2D eigenvalue weighted by atomic mass is 16.5. The first-order chi connectivity index (χ1) is 14.0. The Morgan fingerprint density at radius 3 is 2.59 bits per heavy atom. The van der Waals surface area contributed by atoms with E-state index in [0.29, 0.717) is 10.8 Å². The van der Waals surface area contributed by atoms with E-state index in [-0.39, 0.29) is 23.1 Å². The summed E-state index contributed by atoms with van der Waals surface area (Å²) in [5.41, 5.74) is 2.13. The molecule has 0 saturated heterocycles. The van der Waals surface area contributed by atoms with Gasteiger partial charge in [-0.1, -0.05) is 48.5 Å². The first-order valence-electron chi connectivity index (χ1n) is 9.52. The molecule has 0 heterocycles. The van der Waals surface area contributed by atoms with E-state index in [0.717, 1.165) is 30.9 Å². The molecule has 1 aliphatic carbocycles. The molecule has 6 nitrogen and oxygen atoms in total. The van der Waals surface area contributed by atoms with Crippen molar-refractivity contribution >= 4 is 22.6 Å². The lowest BCUT2D eigenvalue weighted by Gasteiger charge is -2.26. The normalized spacial score (nSPS) is 15.5. The highest BCUT2D eigenvalue weighted by molar-refractivity contribution is 6.04. The number of hydrogen-bond donors (Lipinski definition) is 3. The predicted molar refractivity (Wildman–Crippen MR) is 108 cm³/mol. The maximum Gasteiger partial charge on any atom is 0.342 e. The van der Waals surface area contributed by atoms with E-state index in [1.165, 1.54) is 5.56 Å². The van der Waals surface area contributed by atoms with E-state index in [1.807, 2.05) is 18.2 Å². The van der Waals surface area contributed by atoms with Crippen LogP contribution in [-0.4, -0.2) is 28.7 Å². The van der Waals surface area contributed by atoms with E-state index < -0.39 is 18.5 Å². The van der Waals surface area contributed by atoms with Gasteiger partial charge >= 0.3 is 5.97 Å². The Balaban J connectivity index is 1.43. The summed E-state index contributed by atoms with van der Waals surface area (Å²) in [4.78, 5) is 24.7. The molecule has 148 valence electrons. The molecule has 3 aromatic carbocycles. The third-order valence-corrected chi connectivity index (χ3v) is 5.25. The van der Waals surface area contributed by atoms with Crippen molar-refractivity contribution in [2.24, 2.45) is 0 Å². The van der Waals surface area contributed by atoms with Gasteiger partial charge in [-0.3, -0.25) is 4.79 Å². The molecule has 0 bridgehead atoms. The van der Waals surface area contributed by atoms with Crippen LogP contribution in [0.2, 0.25) is 0 Å². The van der Waals surface area contributed by atoms with Crippen LogP contribution in [0, 0.1) is 0 Å². The van der Waals surface area contributed by atoms with Gasteiger partial charge < -0.3 is 20.3 Å². The van der Waals surface area contributed by atoms with Crippen LogP contribution in [0.3, 0.4) is 0 Å². The number of nitrogens with one attached hydrogen (secondary N) is 1. The fraction of sp³-hybridized carbons (Fsp3) is 0.217. The molecule has 1 amide bonds. The standard InChI is InChI=1S/C23H21NO5/c25-20-12-18(22(27)17-10-4-3-9-16(17)20)23(28)29-13-21(26)24-19-11-5-7-14-6-1-2-8-15(14)19/h1-4,6,8-10,12,19,25,27H,5,7,11,13H2,(H,24,26)/t19-/m0/s1. The van der Waals surface area contributed by atoms with Crippen molar-refractivity contribution in [1.82, 2.24) is 5.32 Å². The Labute approximate surface area is 167 Å². The van der Waals surface area contributed by atoms with Crippen LogP contribution < -0.4 is 5.32 Å². The lowest BCUT2D eigenvalue weighted by molar-refractivity contribution is -0.125. The molecular formula is C23H21NO5. The SMILES string of the molecule is O=C(COC(=O)c1cc(O)c2ccccc2c1O)N[C@H]1CCCc2ccccc21. The van der Waals surface area contributed by atoms with Crippen molar-refractivity contribution < 1.29 is 24.5 Å². The van der Waals surface area contributed by atoms with Crippen LogP contribution in [0.1, 0.15) is 40.4 Å². The number of aromatic hydroxyl groups is 2. The topological polar surface area (TPSA) is 95.9 Å². The van der Waals surface area contributed by atoms with E-state index in [9.17, 15) is 19.8 Å². The second kappa shape index (κ2) is 7.83. The monoisotopic (exact) mass is 391 g/mol. The van der Waals surface area contributed by atoms with Gasteiger partial charge in [-0.05, 0) is 36.5 Å². The van der Waals surface area contributed by atoms with Gasteiger partial charge in [-0.25, -0.2) is 4.79 Å². The summed E-state index contributed by atoms with van der Waals surface area (Å²) >= 11 is 0. The summed E-state index contributed by atoms with van der Waals surface area (Å²) < 4.78 is 5.08. The number of aryl methyl sites for hydroxylation is 1. The van der Waals surface area contributed by atoms with Gasteiger partial charge in [0.25, 0.3) is 5.91 Å². The van der Waals surface area contributed by atoms with Crippen molar-refractivity contribution in [3.63, 3.8) is 0 Å². The minimum absolute atomic E-state index is 0.107. The van der Waals surface area contributed by atoms with Crippen LogP contribution in [0.25, 0.3) is 10.8 Å². The predicted octanol–water partition coefficient (Wildman–Crippen LogP) is 3.60. The number of esters is 1. The summed E-state index contributed by atoms with van der Waals surface area (Å²) in [6.45, 7) is -0.468.